The van der Waals surface area contributed by atoms with Crippen molar-refractivity contribution in [3.63, 3.8) is 0 Å². The first-order valence-electron chi connectivity index (χ1n) is 9.63. The number of rotatable bonds is 6. The van der Waals surface area contributed by atoms with Crippen molar-refractivity contribution in [1.82, 2.24) is 15.3 Å². The first-order valence-corrected chi connectivity index (χ1v) is 9.63. The largest absolute Gasteiger partial charge is 0.493 e. The fourth-order valence-electron chi connectivity index (χ4n) is 3.43. The molecule has 2 N–H and O–H groups in total. The summed E-state index contributed by atoms with van der Waals surface area (Å²) in [4.78, 5) is 21.2. The van der Waals surface area contributed by atoms with Crippen LogP contribution in [0.25, 0.3) is 11.0 Å². The molecule has 0 aliphatic carbocycles. The van der Waals surface area contributed by atoms with Gasteiger partial charge in [-0.05, 0) is 48.4 Å². The molecule has 4 aromatic rings. The van der Waals surface area contributed by atoms with Crippen molar-refractivity contribution in [3.05, 3.63) is 89.2 Å². The van der Waals surface area contributed by atoms with Gasteiger partial charge in [0.05, 0.1) is 25.3 Å². The summed E-state index contributed by atoms with van der Waals surface area (Å²) in [6.07, 6.45) is 0. The summed E-state index contributed by atoms with van der Waals surface area (Å²) < 4.78 is 10.6. The highest BCUT2D eigenvalue weighted by Gasteiger charge is 2.22. The van der Waals surface area contributed by atoms with Crippen LogP contribution in [0.4, 0.5) is 0 Å². The van der Waals surface area contributed by atoms with Crippen molar-refractivity contribution in [3.8, 4) is 11.5 Å². The molecule has 30 heavy (non-hydrogen) atoms. The zero-order valence-electron chi connectivity index (χ0n) is 17.1. The van der Waals surface area contributed by atoms with Crippen LogP contribution in [0.1, 0.15) is 33.4 Å². The van der Waals surface area contributed by atoms with E-state index in [2.05, 4.69) is 10.3 Å². The number of amides is 1. The van der Waals surface area contributed by atoms with Crippen LogP contribution in [0, 0.1) is 6.92 Å². The van der Waals surface area contributed by atoms with E-state index in [1.54, 1.807) is 32.4 Å². The number of aromatic nitrogens is 2. The smallest absolute Gasteiger partial charge is 0.252 e. The molecule has 0 saturated heterocycles. The van der Waals surface area contributed by atoms with Crippen LogP contribution in [0.3, 0.4) is 0 Å². The van der Waals surface area contributed by atoms with Gasteiger partial charge in [0.15, 0.2) is 11.5 Å². The molecule has 0 saturated carbocycles. The molecule has 0 spiro atoms. The number of carbonyl (C=O) groups is 1. The number of nitrogens with one attached hydrogen (secondary N) is 2. The number of hydrogen-bond donors (Lipinski definition) is 2. The molecule has 0 bridgehead atoms. The number of imidazole rings is 1. The van der Waals surface area contributed by atoms with Crippen LogP contribution in [-0.2, 0) is 0 Å². The quantitative estimate of drug-likeness (QED) is 0.502. The zero-order valence-corrected chi connectivity index (χ0v) is 17.1. The summed E-state index contributed by atoms with van der Waals surface area (Å²) in [7, 11) is 3.11. The van der Waals surface area contributed by atoms with Crippen LogP contribution >= 0.6 is 0 Å². The summed E-state index contributed by atoms with van der Waals surface area (Å²) in [5.74, 6) is 1.51. The Bertz CT molecular complexity index is 1190. The Hall–Kier alpha value is -3.80. The maximum absolute atomic E-state index is 13.1. The average molecular weight is 401 g/mol. The summed E-state index contributed by atoms with van der Waals surface area (Å²) in [6.45, 7) is 2.04. The summed E-state index contributed by atoms with van der Waals surface area (Å²) >= 11 is 0. The van der Waals surface area contributed by atoms with E-state index in [1.165, 1.54) is 0 Å². The van der Waals surface area contributed by atoms with Crippen molar-refractivity contribution in [2.24, 2.45) is 0 Å². The van der Waals surface area contributed by atoms with Crippen molar-refractivity contribution >= 4 is 16.9 Å². The second-order valence-electron chi connectivity index (χ2n) is 7.03. The number of benzene rings is 3. The van der Waals surface area contributed by atoms with Gasteiger partial charge in [0.2, 0.25) is 0 Å². The highest BCUT2D eigenvalue weighted by molar-refractivity contribution is 5.95. The van der Waals surface area contributed by atoms with Crippen LogP contribution in [0.15, 0.2) is 66.7 Å². The summed E-state index contributed by atoms with van der Waals surface area (Å²) in [5, 5.41) is 3.10. The maximum Gasteiger partial charge on any atom is 0.252 e. The highest BCUT2D eigenvalue weighted by atomic mass is 16.5. The Morgan fingerprint density at radius 3 is 2.47 bits per heavy atom. The fourth-order valence-corrected chi connectivity index (χ4v) is 3.43. The van der Waals surface area contributed by atoms with Gasteiger partial charge in [-0.2, -0.15) is 0 Å². The minimum atomic E-state index is -0.431. The van der Waals surface area contributed by atoms with E-state index in [-0.39, 0.29) is 5.91 Å². The Labute approximate surface area is 174 Å². The topological polar surface area (TPSA) is 76.2 Å². The lowest BCUT2D eigenvalue weighted by Gasteiger charge is -2.18. The molecular formula is C24H23N3O3. The Morgan fingerprint density at radius 1 is 0.967 bits per heavy atom. The van der Waals surface area contributed by atoms with Gasteiger partial charge in [-0.1, -0.05) is 36.4 Å². The second-order valence-corrected chi connectivity index (χ2v) is 7.03. The Kier molecular flexibility index (Phi) is 5.39. The standard InChI is InChI=1S/C24H23N3O3/c1-15-9-11-18-19(13-15)26-23(25-18)22(16-7-5-4-6-8-16)27-24(28)17-10-12-20(29-2)21(14-17)30-3/h4-14,22H,1-3H3,(H,25,26)(H,27,28). The predicted molar refractivity (Wildman–Crippen MR) is 116 cm³/mol. The van der Waals surface area contributed by atoms with Crippen LogP contribution in [-0.4, -0.2) is 30.1 Å². The zero-order chi connectivity index (χ0) is 21.1. The molecule has 1 heterocycles. The Morgan fingerprint density at radius 2 is 1.73 bits per heavy atom. The van der Waals surface area contributed by atoms with Gasteiger partial charge in [0.1, 0.15) is 11.9 Å². The van der Waals surface area contributed by atoms with Gasteiger partial charge in [-0.15, -0.1) is 0 Å². The molecule has 4 rings (SSSR count). The lowest BCUT2D eigenvalue weighted by Crippen LogP contribution is -2.30. The lowest BCUT2D eigenvalue weighted by atomic mass is 10.1. The van der Waals surface area contributed by atoms with E-state index in [0.717, 1.165) is 22.2 Å². The van der Waals surface area contributed by atoms with Crippen molar-refractivity contribution in [1.29, 1.82) is 0 Å². The van der Waals surface area contributed by atoms with E-state index in [0.29, 0.717) is 22.9 Å². The SMILES string of the molecule is COc1ccc(C(=O)NC(c2ccccc2)c2nc3ccc(C)cc3[nH]2)cc1OC. The highest BCUT2D eigenvalue weighted by Crippen LogP contribution is 2.28. The third-order valence-corrected chi connectivity index (χ3v) is 4.98. The fraction of sp³-hybridized carbons (Fsp3) is 0.167. The van der Waals surface area contributed by atoms with Crippen LogP contribution in [0.5, 0.6) is 11.5 Å². The maximum atomic E-state index is 13.1. The molecule has 6 heteroatoms. The monoisotopic (exact) mass is 401 g/mol. The number of hydrogen-bond acceptors (Lipinski definition) is 4. The molecule has 1 atom stereocenters. The van der Waals surface area contributed by atoms with E-state index < -0.39 is 6.04 Å². The molecule has 6 nitrogen and oxygen atoms in total. The van der Waals surface area contributed by atoms with E-state index >= 15 is 0 Å². The lowest BCUT2D eigenvalue weighted by molar-refractivity contribution is 0.0941. The van der Waals surface area contributed by atoms with Gasteiger partial charge >= 0.3 is 0 Å². The van der Waals surface area contributed by atoms with E-state index in [4.69, 9.17) is 14.5 Å². The third kappa shape index (κ3) is 3.85. The molecule has 0 aliphatic rings. The summed E-state index contributed by atoms with van der Waals surface area (Å²) in [5.41, 5.74) is 4.34. The normalized spacial score (nSPS) is 11.8. The number of nitrogens with zero attached hydrogens (tertiary/aromatic N) is 1. The van der Waals surface area contributed by atoms with E-state index in [1.807, 2.05) is 55.5 Å². The molecule has 1 amide bonds. The number of aromatic amines is 1. The van der Waals surface area contributed by atoms with Gasteiger partial charge in [-0.25, -0.2) is 4.98 Å². The molecule has 0 radical (unpaired) electrons. The number of H-pyrrole nitrogens is 1. The second kappa shape index (κ2) is 8.29. The number of ether oxygens (including phenoxy) is 2. The number of methoxy groups -OCH3 is 2. The van der Waals surface area contributed by atoms with Crippen LogP contribution in [0.2, 0.25) is 0 Å². The van der Waals surface area contributed by atoms with Gasteiger partial charge in [0, 0.05) is 5.56 Å². The minimum absolute atomic E-state index is 0.235. The minimum Gasteiger partial charge on any atom is -0.493 e. The molecular weight excluding hydrogens is 378 g/mol. The van der Waals surface area contributed by atoms with Crippen molar-refractivity contribution in [2.45, 2.75) is 13.0 Å². The predicted octanol–water partition coefficient (Wildman–Crippen LogP) is 4.41. The number of carbonyl (C=O) groups excluding carboxylic acids is 1. The third-order valence-electron chi connectivity index (χ3n) is 4.98. The average Bonchev–Trinajstić information content (AvgIpc) is 3.20. The molecule has 1 unspecified atom stereocenters. The van der Waals surface area contributed by atoms with Crippen molar-refractivity contribution < 1.29 is 14.3 Å². The molecule has 0 aliphatic heterocycles. The molecule has 152 valence electrons. The first-order chi connectivity index (χ1) is 14.6. The van der Waals surface area contributed by atoms with E-state index in [9.17, 15) is 4.79 Å². The molecule has 0 fully saturated rings. The summed E-state index contributed by atoms with van der Waals surface area (Å²) in [6, 6.07) is 20.5. The molecule has 3 aromatic carbocycles. The van der Waals surface area contributed by atoms with Gasteiger partial charge in [0.25, 0.3) is 5.91 Å². The van der Waals surface area contributed by atoms with Gasteiger partial charge < -0.3 is 19.8 Å². The first kappa shape index (κ1) is 19.5. The Balaban J connectivity index is 1.71. The number of fused-ring (bicyclic) bond motifs is 1. The van der Waals surface area contributed by atoms with Crippen LogP contribution < -0.4 is 14.8 Å². The number of aryl methyl sites for hydroxylation is 1. The van der Waals surface area contributed by atoms with Crippen molar-refractivity contribution in [2.75, 3.05) is 14.2 Å². The van der Waals surface area contributed by atoms with Gasteiger partial charge in [-0.3, -0.25) is 4.79 Å². The molecule has 1 aromatic heterocycles.